The number of benzene rings is 1. The van der Waals surface area contributed by atoms with E-state index in [1.54, 1.807) is 0 Å². The summed E-state index contributed by atoms with van der Waals surface area (Å²) in [6.07, 6.45) is 4.25. The maximum absolute atomic E-state index is 12.1. The van der Waals surface area contributed by atoms with Gasteiger partial charge in [-0.15, -0.1) is 0 Å². The molecule has 152 valence electrons. The number of hydrogen-bond donors (Lipinski definition) is 1. The molecule has 0 amide bonds. The second-order valence-corrected chi connectivity index (χ2v) is 9.51. The highest BCUT2D eigenvalue weighted by Gasteiger charge is 2.44. The molecule has 0 saturated carbocycles. The first-order valence-corrected chi connectivity index (χ1v) is 11.0. The molecule has 0 aliphatic carbocycles. The van der Waals surface area contributed by atoms with Crippen LogP contribution >= 0.6 is 0 Å². The number of sulfone groups is 1. The van der Waals surface area contributed by atoms with Crippen molar-refractivity contribution in [2.45, 2.75) is 24.5 Å². The van der Waals surface area contributed by atoms with Crippen LogP contribution in [0.15, 0.2) is 30.3 Å². The van der Waals surface area contributed by atoms with Gasteiger partial charge < -0.3 is 9.84 Å². The maximum Gasteiger partial charge on any atom is 0.326 e. The topological polar surface area (TPSA) is 83.9 Å². The summed E-state index contributed by atoms with van der Waals surface area (Å²) in [7, 11) is -2.37. The molecule has 0 bridgehead atoms. The van der Waals surface area contributed by atoms with E-state index in [4.69, 9.17) is 9.84 Å². The van der Waals surface area contributed by atoms with Crippen LogP contribution in [0.5, 0.6) is 0 Å². The summed E-state index contributed by atoms with van der Waals surface area (Å²) in [4.78, 5) is 14.2. The Balaban J connectivity index is 2.00. The average molecular weight is 406 g/mol. The van der Waals surface area contributed by atoms with Crippen LogP contribution in [0.3, 0.4) is 0 Å². The Hall–Kier alpha value is -2.14. The number of carbonyl (C=O) groups is 1. The standard InChI is InChI=1S/C21H27NO5S/c1-21(20(24)27-2,28(3,25)26)12-15-22-13-10-19(11-14-22)18-8-6-17(7-9-18)5-4-16-23/h6-10,23H,11-16H2,1-3H3. The number of hydrogen-bond acceptors (Lipinski definition) is 6. The Labute approximate surface area is 167 Å². The molecule has 0 radical (unpaired) electrons. The SMILES string of the molecule is COC(=O)C(C)(CCN1CC=C(c2ccc(C#CCO)cc2)CC1)S(C)(=O)=O. The lowest BCUT2D eigenvalue weighted by Crippen LogP contribution is -2.46. The molecule has 1 N–H and O–H groups in total. The van der Waals surface area contributed by atoms with Gasteiger partial charge in [-0.1, -0.05) is 30.0 Å². The van der Waals surface area contributed by atoms with Crippen molar-refractivity contribution in [1.29, 1.82) is 0 Å². The van der Waals surface area contributed by atoms with Gasteiger partial charge in [-0.25, -0.2) is 8.42 Å². The number of aliphatic hydroxyl groups excluding tert-OH is 1. The highest BCUT2D eigenvalue weighted by molar-refractivity contribution is 7.92. The third-order valence-electron chi connectivity index (χ3n) is 5.20. The second-order valence-electron chi connectivity index (χ2n) is 7.06. The van der Waals surface area contributed by atoms with Gasteiger partial charge in [0.05, 0.1) is 7.11 Å². The molecule has 1 heterocycles. The molecule has 0 spiro atoms. The van der Waals surface area contributed by atoms with Gasteiger partial charge in [-0.2, -0.15) is 0 Å². The Morgan fingerprint density at radius 3 is 2.50 bits per heavy atom. The molecule has 1 aromatic carbocycles. The van der Waals surface area contributed by atoms with Crippen molar-refractivity contribution in [3.63, 3.8) is 0 Å². The van der Waals surface area contributed by atoms with Crippen LogP contribution in [-0.4, -0.2) is 68.7 Å². The lowest BCUT2D eigenvalue weighted by atomic mass is 9.98. The van der Waals surface area contributed by atoms with E-state index in [-0.39, 0.29) is 13.0 Å². The summed E-state index contributed by atoms with van der Waals surface area (Å²) in [6.45, 7) is 3.26. The summed E-state index contributed by atoms with van der Waals surface area (Å²) in [5, 5.41) is 8.75. The fourth-order valence-corrected chi connectivity index (χ4v) is 3.96. The van der Waals surface area contributed by atoms with Crippen LogP contribution in [0.2, 0.25) is 0 Å². The molecule has 6 nitrogen and oxygen atoms in total. The van der Waals surface area contributed by atoms with Crippen molar-refractivity contribution in [1.82, 2.24) is 4.90 Å². The zero-order chi connectivity index (χ0) is 20.8. The number of carbonyl (C=O) groups excluding carboxylic acids is 1. The predicted octanol–water partition coefficient (Wildman–Crippen LogP) is 1.49. The van der Waals surface area contributed by atoms with Crippen LogP contribution in [0.1, 0.15) is 30.9 Å². The molecule has 1 aliphatic rings. The summed E-state index contributed by atoms with van der Waals surface area (Å²) in [6, 6.07) is 7.89. The Kier molecular flexibility index (Phi) is 7.41. The molecule has 0 saturated heterocycles. The largest absolute Gasteiger partial charge is 0.468 e. The normalized spacial score (nSPS) is 17.1. The van der Waals surface area contributed by atoms with Gasteiger partial charge in [0.25, 0.3) is 0 Å². The van der Waals surface area contributed by atoms with Crippen molar-refractivity contribution >= 4 is 21.4 Å². The third-order valence-corrected chi connectivity index (χ3v) is 7.21. The zero-order valence-electron chi connectivity index (χ0n) is 16.6. The molecule has 0 aromatic heterocycles. The van der Waals surface area contributed by atoms with Crippen molar-refractivity contribution in [3.05, 3.63) is 41.5 Å². The van der Waals surface area contributed by atoms with E-state index < -0.39 is 20.6 Å². The van der Waals surface area contributed by atoms with E-state index in [1.807, 2.05) is 24.3 Å². The number of methoxy groups -OCH3 is 1. The molecule has 1 unspecified atom stereocenters. The van der Waals surface area contributed by atoms with E-state index in [9.17, 15) is 13.2 Å². The molecule has 28 heavy (non-hydrogen) atoms. The van der Waals surface area contributed by atoms with E-state index in [0.29, 0.717) is 13.1 Å². The van der Waals surface area contributed by atoms with Crippen LogP contribution in [0, 0.1) is 11.8 Å². The van der Waals surface area contributed by atoms with Gasteiger partial charge >= 0.3 is 5.97 Å². The summed E-state index contributed by atoms with van der Waals surface area (Å²) in [5.74, 6) is 4.79. The van der Waals surface area contributed by atoms with Crippen molar-refractivity contribution < 1.29 is 23.1 Å². The van der Waals surface area contributed by atoms with E-state index in [0.717, 1.165) is 30.3 Å². The fourth-order valence-electron chi connectivity index (χ4n) is 3.11. The zero-order valence-corrected chi connectivity index (χ0v) is 17.4. The van der Waals surface area contributed by atoms with Gasteiger partial charge in [-0.3, -0.25) is 9.69 Å². The Bertz CT molecular complexity index is 893. The molecule has 0 fully saturated rings. The first-order chi connectivity index (χ1) is 13.2. The van der Waals surface area contributed by atoms with Crippen LogP contribution in [-0.2, 0) is 19.4 Å². The lowest BCUT2D eigenvalue weighted by molar-refractivity contribution is -0.143. The quantitative estimate of drug-likeness (QED) is 0.570. The summed E-state index contributed by atoms with van der Waals surface area (Å²) < 4.78 is 27.4. The summed E-state index contributed by atoms with van der Waals surface area (Å²) >= 11 is 0. The maximum atomic E-state index is 12.1. The van der Waals surface area contributed by atoms with Crippen LogP contribution in [0.25, 0.3) is 5.57 Å². The third kappa shape index (κ3) is 5.22. The number of aliphatic hydroxyl groups is 1. The molecule has 2 rings (SSSR count). The number of rotatable bonds is 6. The van der Waals surface area contributed by atoms with E-state index >= 15 is 0 Å². The van der Waals surface area contributed by atoms with Gasteiger partial charge in [0.1, 0.15) is 6.61 Å². The van der Waals surface area contributed by atoms with E-state index in [2.05, 4.69) is 22.8 Å². The average Bonchev–Trinajstić information content (AvgIpc) is 2.69. The van der Waals surface area contributed by atoms with Gasteiger partial charge in [-0.05, 0) is 43.0 Å². The molecule has 1 aromatic rings. The fraction of sp³-hybridized carbons (Fsp3) is 0.476. The number of esters is 1. The first-order valence-electron chi connectivity index (χ1n) is 9.11. The second kappa shape index (κ2) is 9.37. The molecule has 1 atom stereocenters. The molecule has 7 heteroatoms. The minimum Gasteiger partial charge on any atom is -0.468 e. The van der Waals surface area contributed by atoms with Crippen molar-refractivity contribution in [3.8, 4) is 11.8 Å². The van der Waals surface area contributed by atoms with Gasteiger partial charge in [0.15, 0.2) is 14.6 Å². The lowest BCUT2D eigenvalue weighted by Gasteiger charge is -2.31. The highest BCUT2D eigenvalue weighted by Crippen LogP contribution is 2.26. The minimum absolute atomic E-state index is 0.156. The number of nitrogens with zero attached hydrogens (tertiary/aromatic N) is 1. The smallest absolute Gasteiger partial charge is 0.326 e. The molecular weight excluding hydrogens is 378 g/mol. The molecular formula is C21H27NO5S. The van der Waals surface area contributed by atoms with Crippen LogP contribution < -0.4 is 0 Å². The predicted molar refractivity (Wildman–Crippen MR) is 109 cm³/mol. The van der Waals surface area contributed by atoms with Gasteiger partial charge in [0, 0.05) is 31.5 Å². The minimum atomic E-state index is -3.58. The highest BCUT2D eigenvalue weighted by atomic mass is 32.2. The van der Waals surface area contributed by atoms with Crippen molar-refractivity contribution in [2.75, 3.05) is 39.6 Å². The Morgan fingerprint density at radius 1 is 1.32 bits per heavy atom. The van der Waals surface area contributed by atoms with Crippen molar-refractivity contribution in [2.24, 2.45) is 0 Å². The number of ether oxygens (including phenoxy) is 1. The van der Waals surface area contributed by atoms with E-state index in [1.165, 1.54) is 19.6 Å². The monoisotopic (exact) mass is 405 g/mol. The first kappa shape index (κ1) is 22.2. The summed E-state index contributed by atoms with van der Waals surface area (Å²) in [5.41, 5.74) is 3.22. The van der Waals surface area contributed by atoms with Crippen LogP contribution in [0.4, 0.5) is 0 Å². The Morgan fingerprint density at radius 2 is 2.00 bits per heavy atom. The molecule has 1 aliphatic heterocycles. The van der Waals surface area contributed by atoms with Gasteiger partial charge in [0.2, 0.25) is 0 Å².